The molecule has 5 heteroatoms. The van der Waals surface area contributed by atoms with Gasteiger partial charge in [-0.3, -0.25) is 9.58 Å². The fourth-order valence-electron chi connectivity index (χ4n) is 3.53. The van der Waals surface area contributed by atoms with Gasteiger partial charge in [-0.25, -0.2) is 4.39 Å². The van der Waals surface area contributed by atoms with Crippen LogP contribution in [-0.4, -0.2) is 41.0 Å². The molecule has 1 aromatic rings. The normalized spacial score (nSPS) is 24.3. The van der Waals surface area contributed by atoms with Gasteiger partial charge in [-0.2, -0.15) is 5.10 Å². The summed E-state index contributed by atoms with van der Waals surface area (Å²) < 4.78 is 14.3. The highest BCUT2D eigenvalue weighted by Crippen LogP contribution is 2.46. The van der Waals surface area contributed by atoms with E-state index in [1.54, 1.807) is 6.20 Å². The summed E-state index contributed by atoms with van der Waals surface area (Å²) in [7, 11) is 0. The molecule has 1 saturated heterocycles. The Morgan fingerprint density at radius 3 is 2.67 bits per heavy atom. The van der Waals surface area contributed by atoms with Crippen molar-refractivity contribution in [2.45, 2.75) is 31.7 Å². The molecule has 0 radical (unpaired) electrons. The molecular formula is C13H21FN4. The van der Waals surface area contributed by atoms with Gasteiger partial charge in [-0.15, -0.1) is 0 Å². The summed E-state index contributed by atoms with van der Waals surface area (Å²) in [6.07, 6.45) is 8.46. The molecule has 0 unspecified atom stereocenters. The van der Waals surface area contributed by atoms with E-state index >= 15 is 0 Å². The minimum absolute atomic E-state index is 0.217. The van der Waals surface area contributed by atoms with E-state index in [9.17, 15) is 4.39 Å². The van der Waals surface area contributed by atoms with Crippen LogP contribution in [0.3, 0.4) is 0 Å². The Kier molecular flexibility index (Phi) is 3.01. The van der Waals surface area contributed by atoms with Crippen molar-refractivity contribution in [3.8, 4) is 0 Å². The van der Waals surface area contributed by atoms with E-state index in [1.165, 1.54) is 25.7 Å². The van der Waals surface area contributed by atoms with Gasteiger partial charge in [0.1, 0.15) is 6.67 Å². The molecule has 1 aromatic heterocycles. The smallest absolute Gasteiger partial charge is 0.102 e. The van der Waals surface area contributed by atoms with Gasteiger partial charge in [-0.05, 0) is 31.1 Å². The largest absolute Gasteiger partial charge is 0.396 e. The van der Waals surface area contributed by atoms with Gasteiger partial charge >= 0.3 is 0 Å². The molecule has 4 nitrogen and oxygen atoms in total. The van der Waals surface area contributed by atoms with Crippen molar-refractivity contribution >= 4 is 5.69 Å². The number of anilines is 1. The fourth-order valence-corrected chi connectivity index (χ4v) is 3.53. The summed E-state index contributed by atoms with van der Waals surface area (Å²) in [5, 5.41) is 4.31. The van der Waals surface area contributed by atoms with Crippen LogP contribution in [0, 0.1) is 5.41 Å². The molecule has 18 heavy (non-hydrogen) atoms. The van der Waals surface area contributed by atoms with Gasteiger partial charge in [0.2, 0.25) is 0 Å². The number of nitrogens with zero attached hydrogens (tertiary/aromatic N) is 3. The second kappa shape index (κ2) is 4.53. The Morgan fingerprint density at radius 2 is 2.11 bits per heavy atom. The molecule has 1 spiro atoms. The zero-order chi connectivity index (χ0) is 12.6. The molecule has 3 rings (SSSR count). The van der Waals surface area contributed by atoms with Gasteiger partial charge in [-0.1, -0.05) is 0 Å². The Bertz CT molecular complexity index is 401. The average Bonchev–Trinajstić information content (AvgIpc) is 2.75. The van der Waals surface area contributed by atoms with Crippen LogP contribution in [0.4, 0.5) is 10.1 Å². The lowest BCUT2D eigenvalue weighted by molar-refractivity contribution is -0.0393. The number of alkyl halides is 1. The highest BCUT2D eigenvalue weighted by Gasteiger charge is 2.44. The lowest BCUT2D eigenvalue weighted by Crippen LogP contribution is -2.57. The number of likely N-dealkylation sites (tertiary alicyclic amines) is 1. The Labute approximate surface area is 107 Å². The quantitative estimate of drug-likeness (QED) is 0.893. The molecular weight excluding hydrogens is 231 g/mol. The van der Waals surface area contributed by atoms with E-state index in [0.29, 0.717) is 18.0 Å². The molecule has 0 atom stereocenters. The minimum atomic E-state index is -0.217. The number of hydrogen-bond donors (Lipinski definition) is 1. The van der Waals surface area contributed by atoms with Crippen LogP contribution in [0.5, 0.6) is 0 Å². The van der Waals surface area contributed by atoms with Gasteiger partial charge in [0.05, 0.1) is 17.9 Å². The van der Waals surface area contributed by atoms with Gasteiger partial charge in [0.15, 0.2) is 0 Å². The molecule has 1 aliphatic carbocycles. The summed E-state index contributed by atoms with van der Waals surface area (Å²) in [5.41, 5.74) is 6.92. The van der Waals surface area contributed by atoms with Crippen LogP contribution in [0.25, 0.3) is 0 Å². The minimum Gasteiger partial charge on any atom is -0.396 e. The number of nitrogens with two attached hydrogens (primary N) is 1. The van der Waals surface area contributed by atoms with Crippen LogP contribution >= 0.6 is 0 Å². The lowest BCUT2D eigenvalue weighted by atomic mass is 9.67. The standard InChI is InChI=1S/C13H21FN4/c14-5-6-17-9-13(10-17)3-1-12(2-4-13)18-8-11(15)7-16-18/h7-8,12H,1-6,9-10,15H2. The Balaban J connectivity index is 1.53. The first-order chi connectivity index (χ1) is 8.71. The van der Waals surface area contributed by atoms with E-state index in [-0.39, 0.29) is 6.67 Å². The van der Waals surface area contributed by atoms with Crippen molar-refractivity contribution in [3.05, 3.63) is 12.4 Å². The second-order valence-corrected chi connectivity index (χ2v) is 5.88. The third kappa shape index (κ3) is 2.11. The first kappa shape index (κ1) is 12.0. The highest BCUT2D eigenvalue weighted by molar-refractivity contribution is 5.30. The first-order valence-electron chi connectivity index (χ1n) is 6.79. The van der Waals surface area contributed by atoms with Crippen molar-refractivity contribution in [2.75, 3.05) is 32.0 Å². The summed E-state index contributed by atoms with van der Waals surface area (Å²) in [6.45, 7) is 2.57. The van der Waals surface area contributed by atoms with Crippen LogP contribution in [0.1, 0.15) is 31.7 Å². The summed E-state index contributed by atoms with van der Waals surface area (Å²) in [6, 6.07) is 0.503. The SMILES string of the molecule is Nc1cnn(C2CCC3(CC2)CN(CCF)C3)c1. The molecule has 0 amide bonds. The van der Waals surface area contributed by atoms with E-state index in [4.69, 9.17) is 5.73 Å². The molecule has 1 saturated carbocycles. The van der Waals surface area contributed by atoms with E-state index in [2.05, 4.69) is 10.00 Å². The maximum absolute atomic E-state index is 12.2. The lowest BCUT2D eigenvalue weighted by Gasteiger charge is -2.53. The molecule has 2 N–H and O–H groups in total. The molecule has 0 aromatic carbocycles. The van der Waals surface area contributed by atoms with Crippen molar-refractivity contribution in [1.29, 1.82) is 0 Å². The predicted octanol–water partition coefficient (Wildman–Crippen LogP) is 1.85. The third-order valence-electron chi connectivity index (χ3n) is 4.53. The summed E-state index contributed by atoms with van der Waals surface area (Å²) in [5.74, 6) is 0. The van der Waals surface area contributed by atoms with Crippen molar-refractivity contribution < 1.29 is 4.39 Å². The van der Waals surface area contributed by atoms with Crippen LogP contribution in [0.15, 0.2) is 12.4 Å². The van der Waals surface area contributed by atoms with Gasteiger partial charge in [0.25, 0.3) is 0 Å². The Morgan fingerprint density at radius 1 is 1.39 bits per heavy atom. The zero-order valence-corrected chi connectivity index (χ0v) is 10.7. The number of halogens is 1. The summed E-state index contributed by atoms with van der Waals surface area (Å²) in [4.78, 5) is 2.23. The van der Waals surface area contributed by atoms with Crippen LogP contribution in [-0.2, 0) is 0 Å². The van der Waals surface area contributed by atoms with E-state index in [0.717, 1.165) is 18.8 Å². The number of aromatic nitrogens is 2. The predicted molar refractivity (Wildman–Crippen MR) is 69.0 cm³/mol. The molecule has 2 fully saturated rings. The van der Waals surface area contributed by atoms with Crippen molar-refractivity contribution in [3.63, 3.8) is 0 Å². The zero-order valence-electron chi connectivity index (χ0n) is 10.7. The summed E-state index contributed by atoms with van der Waals surface area (Å²) >= 11 is 0. The first-order valence-corrected chi connectivity index (χ1v) is 6.79. The second-order valence-electron chi connectivity index (χ2n) is 5.88. The number of nitrogen functional groups attached to an aromatic ring is 1. The number of rotatable bonds is 3. The van der Waals surface area contributed by atoms with E-state index in [1.807, 2.05) is 10.9 Å². The van der Waals surface area contributed by atoms with Crippen molar-refractivity contribution in [2.24, 2.45) is 5.41 Å². The molecule has 2 heterocycles. The van der Waals surface area contributed by atoms with Crippen LogP contribution < -0.4 is 5.73 Å². The molecule has 2 aliphatic rings. The number of hydrogen-bond acceptors (Lipinski definition) is 3. The fraction of sp³-hybridized carbons (Fsp3) is 0.769. The van der Waals surface area contributed by atoms with Gasteiger partial charge < -0.3 is 5.73 Å². The topological polar surface area (TPSA) is 47.1 Å². The van der Waals surface area contributed by atoms with E-state index < -0.39 is 0 Å². The molecule has 1 aliphatic heterocycles. The van der Waals surface area contributed by atoms with Crippen LogP contribution in [0.2, 0.25) is 0 Å². The Hall–Kier alpha value is -1.10. The average molecular weight is 252 g/mol. The van der Waals surface area contributed by atoms with Crippen molar-refractivity contribution in [1.82, 2.24) is 14.7 Å². The monoisotopic (exact) mass is 252 g/mol. The molecule has 100 valence electrons. The maximum atomic E-state index is 12.2. The van der Waals surface area contributed by atoms with Gasteiger partial charge in [0, 0.05) is 25.8 Å². The highest BCUT2D eigenvalue weighted by atomic mass is 19.1. The molecule has 0 bridgehead atoms. The third-order valence-corrected chi connectivity index (χ3v) is 4.53. The maximum Gasteiger partial charge on any atom is 0.102 e.